The van der Waals surface area contributed by atoms with Crippen LogP contribution in [0.25, 0.3) is 10.8 Å². The average Bonchev–Trinajstić information content (AvgIpc) is 2.26. The van der Waals surface area contributed by atoms with Crippen molar-refractivity contribution in [1.29, 1.82) is 0 Å². The van der Waals surface area contributed by atoms with E-state index >= 15 is 0 Å². The standard InChI is InChI=1S/C15H20N2/c1-11(16)9-15(2,3)14-6-4-5-12-10-17-8-7-13(12)14/h4-8,10-11H,9,16H2,1-3H3. The highest BCUT2D eigenvalue weighted by atomic mass is 14.6. The summed E-state index contributed by atoms with van der Waals surface area (Å²) in [5.41, 5.74) is 7.40. The molecule has 17 heavy (non-hydrogen) atoms. The number of hydrogen-bond acceptors (Lipinski definition) is 2. The molecule has 1 unspecified atom stereocenters. The zero-order chi connectivity index (χ0) is 12.5. The summed E-state index contributed by atoms with van der Waals surface area (Å²) in [6.45, 7) is 6.57. The monoisotopic (exact) mass is 228 g/mol. The fourth-order valence-corrected chi connectivity index (χ4v) is 2.63. The second kappa shape index (κ2) is 4.46. The summed E-state index contributed by atoms with van der Waals surface area (Å²) in [6.07, 6.45) is 4.75. The molecule has 0 saturated carbocycles. The summed E-state index contributed by atoms with van der Waals surface area (Å²) in [6, 6.07) is 8.70. The molecule has 0 amide bonds. The van der Waals surface area contributed by atoms with Gasteiger partial charge in [0, 0.05) is 23.8 Å². The van der Waals surface area contributed by atoms with Crippen LogP contribution in [0.4, 0.5) is 0 Å². The van der Waals surface area contributed by atoms with Crippen molar-refractivity contribution < 1.29 is 0 Å². The van der Waals surface area contributed by atoms with Crippen molar-refractivity contribution in [3.05, 3.63) is 42.2 Å². The van der Waals surface area contributed by atoms with Crippen LogP contribution in [0.1, 0.15) is 32.8 Å². The Hall–Kier alpha value is -1.41. The van der Waals surface area contributed by atoms with E-state index in [1.165, 1.54) is 16.3 Å². The van der Waals surface area contributed by atoms with Gasteiger partial charge in [-0.2, -0.15) is 0 Å². The quantitative estimate of drug-likeness (QED) is 0.875. The van der Waals surface area contributed by atoms with E-state index in [4.69, 9.17) is 5.73 Å². The highest BCUT2D eigenvalue weighted by molar-refractivity contribution is 5.85. The molecule has 1 atom stereocenters. The number of aromatic nitrogens is 1. The highest BCUT2D eigenvalue weighted by Crippen LogP contribution is 2.33. The Kier molecular flexibility index (Phi) is 3.16. The number of pyridine rings is 1. The van der Waals surface area contributed by atoms with Crippen molar-refractivity contribution in [3.8, 4) is 0 Å². The van der Waals surface area contributed by atoms with Crippen molar-refractivity contribution in [1.82, 2.24) is 4.98 Å². The number of benzene rings is 1. The van der Waals surface area contributed by atoms with E-state index in [9.17, 15) is 0 Å². The number of hydrogen-bond donors (Lipinski definition) is 1. The Balaban J connectivity index is 2.55. The van der Waals surface area contributed by atoms with Gasteiger partial charge >= 0.3 is 0 Å². The minimum absolute atomic E-state index is 0.0923. The second-order valence-electron chi connectivity index (χ2n) is 5.47. The van der Waals surface area contributed by atoms with Gasteiger partial charge < -0.3 is 5.73 Å². The normalized spacial score (nSPS) is 13.9. The Bertz CT molecular complexity index is 510. The van der Waals surface area contributed by atoms with Gasteiger partial charge in [0.1, 0.15) is 0 Å². The first-order chi connectivity index (χ1) is 8.00. The van der Waals surface area contributed by atoms with Crippen molar-refractivity contribution in [3.63, 3.8) is 0 Å². The molecule has 2 nitrogen and oxygen atoms in total. The summed E-state index contributed by atoms with van der Waals surface area (Å²) in [5.74, 6) is 0. The molecule has 2 aromatic rings. The second-order valence-corrected chi connectivity index (χ2v) is 5.47. The van der Waals surface area contributed by atoms with Crippen molar-refractivity contribution >= 4 is 10.8 Å². The maximum Gasteiger partial charge on any atom is 0.0346 e. The van der Waals surface area contributed by atoms with Crippen molar-refractivity contribution in [2.45, 2.75) is 38.6 Å². The Morgan fingerprint density at radius 3 is 2.76 bits per heavy atom. The van der Waals surface area contributed by atoms with Gasteiger partial charge in [-0.25, -0.2) is 0 Å². The molecule has 1 heterocycles. The fourth-order valence-electron chi connectivity index (χ4n) is 2.63. The molecule has 1 aromatic carbocycles. The van der Waals surface area contributed by atoms with Crippen LogP contribution in [0.3, 0.4) is 0 Å². The lowest BCUT2D eigenvalue weighted by Crippen LogP contribution is -2.28. The van der Waals surface area contributed by atoms with Gasteiger partial charge in [0.05, 0.1) is 0 Å². The van der Waals surface area contributed by atoms with E-state index < -0.39 is 0 Å². The zero-order valence-electron chi connectivity index (χ0n) is 10.8. The van der Waals surface area contributed by atoms with E-state index in [1.807, 2.05) is 12.4 Å². The Morgan fingerprint density at radius 2 is 2.06 bits per heavy atom. The molecule has 1 aromatic heterocycles. The number of fused-ring (bicyclic) bond motifs is 1. The van der Waals surface area contributed by atoms with Crippen LogP contribution in [-0.4, -0.2) is 11.0 Å². The summed E-state index contributed by atoms with van der Waals surface area (Å²) in [7, 11) is 0. The van der Waals surface area contributed by atoms with E-state index in [0.717, 1.165) is 6.42 Å². The lowest BCUT2D eigenvalue weighted by atomic mass is 9.77. The summed E-state index contributed by atoms with van der Waals surface area (Å²) in [5, 5.41) is 2.48. The molecule has 2 heteroatoms. The van der Waals surface area contributed by atoms with Gasteiger partial charge in [0.15, 0.2) is 0 Å². The molecule has 0 aliphatic heterocycles. The molecule has 2 rings (SSSR count). The zero-order valence-corrected chi connectivity index (χ0v) is 10.8. The number of nitrogens with zero attached hydrogens (tertiary/aromatic N) is 1. The van der Waals surface area contributed by atoms with Crippen LogP contribution in [0, 0.1) is 0 Å². The topological polar surface area (TPSA) is 38.9 Å². The predicted octanol–water partition coefficient (Wildman–Crippen LogP) is 3.25. The van der Waals surface area contributed by atoms with Gasteiger partial charge in [0.25, 0.3) is 0 Å². The molecule has 90 valence electrons. The summed E-state index contributed by atoms with van der Waals surface area (Å²) >= 11 is 0. The molecule has 0 radical (unpaired) electrons. The third-order valence-corrected chi connectivity index (χ3v) is 3.24. The highest BCUT2D eigenvalue weighted by Gasteiger charge is 2.23. The van der Waals surface area contributed by atoms with Crippen LogP contribution < -0.4 is 5.73 Å². The lowest BCUT2D eigenvalue weighted by molar-refractivity contribution is 0.440. The fraction of sp³-hybridized carbons (Fsp3) is 0.400. The molecule has 0 saturated heterocycles. The first kappa shape index (κ1) is 12.1. The third-order valence-electron chi connectivity index (χ3n) is 3.24. The van der Waals surface area contributed by atoms with Crippen molar-refractivity contribution in [2.24, 2.45) is 5.73 Å². The Labute approximate surface area is 103 Å². The van der Waals surface area contributed by atoms with Crippen LogP contribution >= 0.6 is 0 Å². The maximum atomic E-state index is 5.95. The van der Waals surface area contributed by atoms with Crippen LogP contribution in [0.5, 0.6) is 0 Å². The molecular formula is C15H20N2. The molecule has 0 bridgehead atoms. The van der Waals surface area contributed by atoms with Gasteiger partial charge in [-0.3, -0.25) is 4.98 Å². The third kappa shape index (κ3) is 2.47. The average molecular weight is 228 g/mol. The van der Waals surface area contributed by atoms with Crippen LogP contribution in [0.15, 0.2) is 36.7 Å². The summed E-state index contributed by atoms with van der Waals surface area (Å²) in [4.78, 5) is 4.17. The largest absolute Gasteiger partial charge is 0.328 e. The van der Waals surface area contributed by atoms with E-state index in [-0.39, 0.29) is 11.5 Å². The van der Waals surface area contributed by atoms with E-state index in [2.05, 4.69) is 50.0 Å². The minimum Gasteiger partial charge on any atom is -0.328 e. The van der Waals surface area contributed by atoms with E-state index in [1.54, 1.807) is 0 Å². The van der Waals surface area contributed by atoms with Crippen molar-refractivity contribution in [2.75, 3.05) is 0 Å². The number of rotatable bonds is 3. The lowest BCUT2D eigenvalue weighted by Gasteiger charge is -2.28. The summed E-state index contributed by atoms with van der Waals surface area (Å²) < 4.78 is 0. The van der Waals surface area contributed by atoms with Crippen LogP contribution in [-0.2, 0) is 5.41 Å². The van der Waals surface area contributed by atoms with Gasteiger partial charge in [-0.15, -0.1) is 0 Å². The predicted molar refractivity (Wildman–Crippen MR) is 73.0 cm³/mol. The van der Waals surface area contributed by atoms with Crippen LogP contribution in [0.2, 0.25) is 0 Å². The maximum absolute atomic E-state index is 5.95. The number of nitrogens with two attached hydrogens (primary N) is 1. The van der Waals surface area contributed by atoms with Gasteiger partial charge in [-0.05, 0) is 35.8 Å². The first-order valence-electron chi connectivity index (χ1n) is 6.09. The van der Waals surface area contributed by atoms with Gasteiger partial charge in [0.2, 0.25) is 0 Å². The molecule has 2 N–H and O–H groups in total. The molecule has 0 aliphatic rings. The first-order valence-corrected chi connectivity index (χ1v) is 6.09. The van der Waals surface area contributed by atoms with Gasteiger partial charge in [-0.1, -0.05) is 32.0 Å². The smallest absolute Gasteiger partial charge is 0.0346 e. The molecule has 0 aliphatic carbocycles. The molecule has 0 spiro atoms. The van der Waals surface area contributed by atoms with E-state index in [0.29, 0.717) is 0 Å². The SMILES string of the molecule is CC(N)CC(C)(C)c1cccc2cnccc12. The minimum atomic E-state index is 0.0923. The molecular weight excluding hydrogens is 208 g/mol. The molecule has 0 fully saturated rings. The Morgan fingerprint density at radius 1 is 1.29 bits per heavy atom.